The van der Waals surface area contributed by atoms with E-state index in [4.69, 9.17) is 4.74 Å². The van der Waals surface area contributed by atoms with Crippen molar-refractivity contribution in [2.75, 3.05) is 7.11 Å². The van der Waals surface area contributed by atoms with E-state index >= 15 is 0 Å². The first kappa shape index (κ1) is 22.1. The van der Waals surface area contributed by atoms with E-state index in [0.717, 1.165) is 11.1 Å². The van der Waals surface area contributed by atoms with Crippen LogP contribution in [-0.4, -0.2) is 37.0 Å². The highest BCUT2D eigenvalue weighted by Crippen LogP contribution is 2.10. The van der Waals surface area contributed by atoms with Crippen molar-refractivity contribution in [3.05, 3.63) is 71.0 Å². The molecule has 2 rings (SSSR count). The molecule has 0 bridgehead atoms. The number of nitrogens with one attached hydrogen (secondary N) is 2. The highest BCUT2D eigenvalue weighted by Gasteiger charge is 2.27. The van der Waals surface area contributed by atoms with Crippen molar-refractivity contribution in [1.82, 2.24) is 10.6 Å². The molecule has 0 radical (unpaired) electrons. The van der Waals surface area contributed by atoms with Crippen LogP contribution in [0.3, 0.4) is 0 Å². The molecule has 2 N–H and O–H groups in total. The lowest BCUT2D eigenvalue weighted by molar-refractivity contribution is -0.145. The second-order valence-corrected chi connectivity index (χ2v) is 6.86. The number of esters is 1. The van der Waals surface area contributed by atoms with Gasteiger partial charge in [0.1, 0.15) is 17.9 Å². The SMILES string of the molecule is COC(=O)[C@@H](Cc1ccc(C)cc1)NC(=O)[C@H](Cc1cccc(F)c1)NC(C)=O. The number of aryl methyl sites for hydroxylation is 1. The summed E-state index contributed by atoms with van der Waals surface area (Å²) >= 11 is 0. The number of halogens is 1. The van der Waals surface area contributed by atoms with Gasteiger partial charge < -0.3 is 15.4 Å². The van der Waals surface area contributed by atoms with E-state index in [9.17, 15) is 18.8 Å². The van der Waals surface area contributed by atoms with Gasteiger partial charge in [0.15, 0.2) is 0 Å². The molecule has 0 spiro atoms. The number of methoxy groups -OCH3 is 1. The fraction of sp³-hybridized carbons (Fsp3) is 0.318. The van der Waals surface area contributed by atoms with Crippen LogP contribution in [0.5, 0.6) is 0 Å². The van der Waals surface area contributed by atoms with Gasteiger partial charge in [-0.05, 0) is 30.2 Å². The molecule has 7 heteroatoms. The van der Waals surface area contributed by atoms with E-state index in [1.54, 1.807) is 6.07 Å². The summed E-state index contributed by atoms with van der Waals surface area (Å²) in [5, 5.41) is 5.20. The van der Waals surface area contributed by atoms with Gasteiger partial charge in [-0.25, -0.2) is 9.18 Å². The van der Waals surface area contributed by atoms with Crippen molar-refractivity contribution in [3.63, 3.8) is 0 Å². The fourth-order valence-electron chi connectivity index (χ4n) is 2.92. The Kier molecular flexibility index (Phi) is 7.88. The minimum absolute atomic E-state index is 0.0849. The summed E-state index contributed by atoms with van der Waals surface area (Å²) in [6.45, 7) is 3.24. The Morgan fingerprint density at radius 1 is 0.966 bits per heavy atom. The topological polar surface area (TPSA) is 84.5 Å². The van der Waals surface area contributed by atoms with Crippen LogP contribution in [0.2, 0.25) is 0 Å². The molecule has 2 aromatic rings. The summed E-state index contributed by atoms with van der Waals surface area (Å²) in [7, 11) is 1.24. The van der Waals surface area contributed by atoms with Crippen LogP contribution < -0.4 is 10.6 Å². The molecule has 0 aliphatic rings. The van der Waals surface area contributed by atoms with Crippen molar-refractivity contribution in [2.45, 2.75) is 38.8 Å². The lowest BCUT2D eigenvalue weighted by Crippen LogP contribution is -2.53. The molecule has 0 unspecified atom stereocenters. The van der Waals surface area contributed by atoms with Crippen LogP contribution in [-0.2, 0) is 32.0 Å². The summed E-state index contributed by atoms with van der Waals surface area (Å²) in [4.78, 5) is 36.6. The highest BCUT2D eigenvalue weighted by molar-refractivity contribution is 5.90. The van der Waals surface area contributed by atoms with Crippen molar-refractivity contribution in [2.24, 2.45) is 0 Å². The van der Waals surface area contributed by atoms with Gasteiger partial charge in [0.2, 0.25) is 11.8 Å². The molecule has 0 aliphatic carbocycles. The largest absolute Gasteiger partial charge is 0.467 e. The Labute approximate surface area is 169 Å². The van der Waals surface area contributed by atoms with E-state index in [2.05, 4.69) is 10.6 Å². The van der Waals surface area contributed by atoms with E-state index in [-0.39, 0.29) is 12.8 Å². The fourth-order valence-corrected chi connectivity index (χ4v) is 2.92. The Balaban J connectivity index is 2.16. The number of carbonyl (C=O) groups excluding carboxylic acids is 3. The molecule has 0 aromatic heterocycles. The number of amides is 2. The smallest absolute Gasteiger partial charge is 0.328 e. The Morgan fingerprint density at radius 3 is 2.21 bits per heavy atom. The maximum Gasteiger partial charge on any atom is 0.328 e. The molecule has 2 atom stereocenters. The molecule has 29 heavy (non-hydrogen) atoms. The highest BCUT2D eigenvalue weighted by atomic mass is 19.1. The zero-order valence-electron chi connectivity index (χ0n) is 16.7. The van der Waals surface area contributed by atoms with E-state index in [1.807, 2.05) is 31.2 Å². The average Bonchev–Trinajstić information content (AvgIpc) is 2.67. The second-order valence-electron chi connectivity index (χ2n) is 6.86. The van der Waals surface area contributed by atoms with Gasteiger partial charge in [0.05, 0.1) is 7.11 Å². The van der Waals surface area contributed by atoms with Gasteiger partial charge in [0, 0.05) is 19.8 Å². The van der Waals surface area contributed by atoms with Gasteiger partial charge in [-0.2, -0.15) is 0 Å². The van der Waals surface area contributed by atoms with Crippen LogP contribution in [0, 0.1) is 12.7 Å². The molecule has 0 saturated carbocycles. The van der Waals surface area contributed by atoms with Gasteiger partial charge in [-0.1, -0.05) is 42.0 Å². The standard InChI is InChI=1S/C22H25FN2O4/c1-14-7-9-16(10-8-14)12-20(22(28)29-3)25-21(27)19(24-15(2)26)13-17-5-4-6-18(23)11-17/h4-11,19-20H,12-13H2,1-3H3,(H,24,26)(H,25,27)/t19-,20+/m0/s1. The Hall–Kier alpha value is -3.22. The number of hydrogen-bond donors (Lipinski definition) is 2. The first-order valence-electron chi connectivity index (χ1n) is 9.23. The minimum atomic E-state index is -0.959. The quantitative estimate of drug-likeness (QED) is 0.665. The van der Waals surface area contributed by atoms with Crippen molar-refractivity contribution < 1.29 is 23.5 Å². The summed E-state index contributed by atoms with van der Waals surface area (Å²) in [5.41, 5.74) is 2.48. The Morgan fingerprint density at radius 2 is 1.62 bits per heavy atom. The molecule has 0 heterocycles. The summed E-state index contributed by atoms with van der Waals surface area (Å²) < 4.78 is 18.3. The van der Waals surface area contributed by atoms with Crippen LogP contribution in [0.1, 0.15) is 23.6 Å². The second kappa shape index (κ2) is 10.4. The van der Waals surface area contributed by atoms with Gasteiger partial charge in [-0.3, -0.25) is 9.59 Å². The zero-order valence-corrected chi connectivity index (χ0v) is 16.7. The third kappa shape index (κ3) is 7.03. The van der Waals surface area contributed by atoms with Gasteiger partial charge in [-0.15, -0.1) is 0 Å². The Bertz CT molecular complexity index is 867. The molecule has 2 aromatic carbocycles. The van der Waals surface area contributed by atoms with Crippen LogP contribution in [0.25, 0.3) is 0 Å². The first-order valence-corrected chi connectivity index (χ1v) is 9.23. The minimum Gasteiger partial charge on any atom is -0.467 e. The third-order valence-corrected chi connectivity index (χ3v) is 4.39. The summed E-state index contributed by atoms with van der Waals surface area (Å²) in [5.74, 6) is -1.98. The molecule has 6 nitrogen and oxygen atoms in total. The third-order valence-electron chi connectivity index (χ3n) is 4.39. The monoisotopic (exact) mass is 400 g/mol. The predicted molar refractivity (Wildman–Crippen MR) is 107 cm³/mol. The maximum atomic E-state index is 13.5. The van der Waals surface area contributed by atoms with Crippen LogP contribution >= 0.6 is 0 Å². The van der Waals surface area contributed by atoms with Gasteiger partial charge in [0.25, 0.3) is 0 Å². The van der Waals surface area contributed by atoms with Crippen LogP contribution in [0.15, 0.2) is 48.5 Å². The lowest BCUT2D eigenvalue weighted by atomic mass is 10.0. The normalized spacial score (nSPS) is 12.6. The summed E-state index contributed by atoms with van der Waals surface area (Å²) in [6.07, 6.45) is 0.326. The number of rotatable bonds is 8. The molecular formula is C22H25FN2O4. The van der Waals surface area contributed by atoms with E-state index in [1.165, 1.54) is 32.2 Å². The molecule has 0 aliphatic heterocycles. The summed E-state index contributed by atoms with van der Waals surface area (Å²) in [6, 6.07) is 11.5. The first-order chi connectivity index (χ1) is 13.8. The van der Waals surface area contributed by atoms with Crippen molar-refractivity contribution in [1.29, 1.82) is 0 Å². The number of benzene rings is 2. The molecule has 0 saturated heterocycles. The molecule has 154 valence electrons. The molecule has 2 amide bonds. The number of ether oxygens (including phenoxy) is 1. The maximum absolute atomic E-state index is 13.5. The van der Waals surface area contributed by atoms with Crippen LogP contribution in [0.4, 0.5) is 4.39 Å². The zero-order chi connectivity index (χ0) is 21.4. The average molecular weight is 400 g/mol. The predicted octanol–water partition coefficient (Wildman–Crippen LogP) is 2.08. The number of hydrogen-bond acceptors (Lipinski definition) is 4. The number of carbonyl (C=O) groups is 3. The van der Waals surface area contributed by atoms with Crippen molar-refractivity contribution >= 4 is 17.8 Å². The lowest BCUT2D eigenvalue weighted by Gasteiger charge is -2.22. The van der Waals surface area contributed by atoms with E-state index < -0.39 is 35.7 Å². The molecule has 0 fully saturated rings. The molecular weight excluding hydrogens is 375 g/mol. The van der Waals surface area contributed by atoms with E-state index in [0.29, 0.717) is 5.56 Å². The van der Waals surface area contributed by atoms with Gasteiger partial charge >= 0.3 is 5.97 Å². The van der Waals surface area contributed by atoms with Crippen molar-refractivity contribution in [3.8, 4) is 0 Å².